The predicted octanol–water partition coefficient (Wildman–Crippen LogP) is 2.87. The Morgan fingerprint density at radius 3 is 2.48 bits per heavy atom. The molecule has 1 heterocycles. The van der Waals surface area contributed by atoms with Crippen LogP contribution in [0.25, 0.3) is 0 Å². The van der Waals surface area contributed by atoms with Crippen molar-refractivity contribution in [2.45, 2.75) is 18.4 Å². The Morgan fingerprint density at radius 2 is 1.87 bits per heavy atom. The molecule has 0 aliphatic rings. The first-order chi connectivity index (χ1) is 14.7. The molecule has 0 atom stereocenters. The lowest BCUT2D eigenvalue weighted by molar-refractivity contribution is -0.385. The van der Waals surface area contributed by atoms with Crippen molar-refractivity contribution in [2.75, 3.05) is 17.1 Å². The molecule has 0 aliphatic carbocycles. The number of aryl methyl sites for hydroxylation is 1. The van der Waals surface area contributed by atoms with Crippen LogP contribution in [-0.2, 0) is 16.6 Å². The number of para-hydroxylation sites is 2. The van der Waals surface area contributed by atoms with Gasteiger partial charge in [0.05, 0.1) is 22.6 Å². The first kappa shape index (κ1) is 21.8. The SMILES string of the molecule is CCn1cc([N+](=O)[O-])c(C(=O)Nc2ccc(S(=O)(=O)Nc3ccccc3OC)cc2)n1. The number of hydrogen-bond donors (Lipinski definition) is 2. The van der Waals surface area contributed by atoms with E-state index in [1.165, 1.54) is 42.3 Å². The smallest absolute Gasteiger partial charge is 0.320 e. The number of anilines is 2. The van der Waals surface area contributed by atoms with Gasteiger partial charge in [-0.05, 0) is 43.3 Å². The third-order valence-electron chi connectivity index (χ3n) is 4.25. The molecule has 0 spiro atoms. The highest BCUT2D eigenvalue weighted by molar-refractivity contribution is 7.92. The molecule has 0 fully saturated rings. The molecule has 0 unspecified atom stereocenters. The first-order valence-corrected chi connectivity index (χ1v) is 10.5. The number of rotatable bonds is 8. The van der Waals surface area contributed by atoms with Crippen LogP contribution in [-0.4, -0.2) is 36.1 Å². The molecule has 31 heavy (non-hydrogen) atoms. The molecule has 1 aromatic heterocycles. The molecular formula is C19H19N5O6S. The van der Waals surface area contributed by atoms with Gasteiger partial charge in [-0.2, -0.15) is 5.10 Å². The fraction of sp³-hybridized carbons (Fsp3) is 0.158. The Bertz CT molecular complexity index is 1220. The number of sulfonamides is 1. The number of ether oxygens (including phenoxy) is 1. The van der Waals surface area contributed by atoms with Gasteiger partial charge in [0.2, 0.25) is 5.69 Å². The lowest BCUT2D eigenvalue weighted by Crippen LogP contribution is -2.16. The molecule has 0 saturated heterocycles. The minimum atomic E-state index is -3.91. The third kappa shape index (κ3) is 4.80. The summed E-state index contributed by atoms with van der Waals surface area (Å²) in [4.78, 5) is 22.8. The number of carbonyl (C=O) groups excluding carboxylic acids is 1. The van der Waals surface area contributed by atoms with Crippen molar-refractivity contribution >= 4 is 33.0 Å². The highest BCUT2D eigenvalue weighted by Gasteiger charge is 2.25. The zero-order chi connectivity index (χ0) is 22.6. The van der Waals surface area contributed by atoms with Crippen molar-refractivity contribution in [2.24, 2.45) is 0 Å². The van der Waals surface area contributed by atoms with E-state index < -0.39 is 26.5 Å². The average molecular weight is 445 g/mol. The molecule has 0 saturated carbocycles. The number of hydrogen-bond acceptors (Lipinski definition) is 7. The van der Waals surface area contributed by atoms with Gasteiger partial charge in [0, 0.05) is 12.2 Å². The number of nitrogens with one attached hydrogen (secondary N) is 2. The van der Waals surface area contributed by atoms with Crippen LogP contribution in [0.2, 0.25) is 0 Å². The number of benzene rings is 2. The monoisotopic (exact) mass is 445 g/mol. The Kier molecular flexibility index (Phi) is 6.20. The standard InChI is InChI=1S/C19H19N5O6S/c1-3-23-12-16(24(26)27)18(21-23)19(25)20-13-8-10-14(11-9-13)31(28,29)22-15-6-4-5-7-17(15)30-2/h4-12,22H,3H2,1-2H3,(H,20,25). The quantitative estimate of drug-likeness (QED) is 0.400. The van der Waals surface area contributed by atoms with Gasteiger partial charge in [-0.3, -0.25) is 24.3 Å². The molecule has 2 aromatic carbocycles. The van der Waals surface area contributed by atoms with Crippen molar-refractivity contribution in [1.82, 2.24) is 9.78 Å². The molecule has 1 amide bonds. The summed E-state index contributed by atoms with van der Waals surface area (Å²) >= 11 is 0. The molecule has 11 nitrogen and oxygen atoms in total. The Hall–Kier alpha value is -3.93. The number of nitro groups is 1. The summed E-state index contributed by atoms with van der Waals surface area (Å²) < 4.78 is 34.1. The first-order valence-electron chi connectivity index (χ1n) is 9.04. The van der Waals surface area contributed by atoms with Gasteiger partial charge in [0.25, 0.3) is 15.9 Å². The van der Waals surface area contributed by atoms with Gasteiger partial charge in [-0.25, -0.2) is 8.42 Å². The van der Waals surface area contributed by atoms with Crippen LogP contribution in [0.3, 0.4) is 0 Å². The van der Waals surface area contributed by atoms with Gasteiger partial charge < -0.3 is 10.1 Å². The maximum atomic E-state index is 12.6. The number of carbonyl (C=O) groups is 1. The summed E-state index contributed by atoms with van der Waals surface area (Å²) in [5.74, 6) is -0.412. The maximum Gasteiger partial charge on any atom is 0.320 e. The van der Waals surface area contributed by atoms with Crippen LogP contribution >= 0.6 is 0 Å². The zero-order valence-electron chi connectivity index (χ0n) is 16.6. The summed E-state index contributed by atoms with van der Waals surface area (Å²) in [5.41, 5.74) is -0.219. The number of methoxy groups -OCH3 is 1. The van der Waals surface area contributed by atoms with E-state index in [9.17, 15) is 23.3 Å². The summed E-state index contributed by atoms with van der Waals surface area (Å²) in [6.45, 7) is 2.09. The van der Waals surface area contributed by atoms with Crippen molar-refractivity contribution in [1.29, 1.82) is 0 Å². The normalized spacial score (nSPS) is 11.0. The van der Waals surface area contributed by atoms with Gasteiger partial charge in [0.1, 0.15) is 11.9 Å². The van der Waals surface area contributed by atoms with E-state index in [0.717, 1.165) is 0 Å². The number of amides is 1. The molecule has 3 rings (SSSR count). The van der Waals surface area contributed by atoms with E-state index >= 15 is 0 Å². The number of nitrogens with zero attached hydrogens (tertiary/aromatic N) is 3. The number of aromatic nitrogens is 2. The Labute approximate surface area is 177 Å². The van der Waals surface area contributed by atoms with Crippen LogP contribution in [0.4, 0.5) is 17.1 Å². The van der Waals surface area contributed by atoms with Crippen LogP contribution in [0.5, 0.6) is 5.75 Å². The Morgan fingerprint density at radius 1 is 1.19 bits per heavy atom. The lowest BCUT2D eigenvalue weighted by Gasteiger charge is -2.12. The van der Waals surface area contributed by atoms with Crippen LogP contribution in [0.1, 0.15) is 17.4 Å². The highest BCUT2D eigenvalue weighted by Crippen LogP contribution is 2.26. The average Bonchev–Trinajstić information content (AvgIpc) is 3.19. The largest absolute Gasteiger partial charge is 0.495 e. The molecule has 162 valence electrons. The molecular weight excluding hydrogens is 426 g/mol. The van der Waals surface area contributed by atoms with Crippen LogP contribution in [0.15, 0.2) is 59.6 Å². The molecule has 0 aliphatic heterocycles. The summed E-state index contributed by atoms with van der Waals surface area (Å²) in [7, 11) is -2.48. The van der Waals surface area contributed by atoms with E-state index in [-0.39, 0.29) is 22.0 Å². The van der Waals surface area contributed by atoms with Crippen molar-refractivity contribution in [3.63, 3.8) is 0 Å². The van der Waals surface area contributed by atoms with E-state index in [0.29, 0.717) is 12.3 Å². The summed E-state index contributed by atoms with van der Waals surface area (Å²) in [6, 6.07) is 11.9. The van der Waals surface area contributed by atoms with Crippen molar-refractivity contribution < 1.29 is 22.9 Å². The Balaban J connectivity index is 1.78. The second-order valence-electron chi connectivity index (χ2n) is 6.26. The fourth-order valence-corrected chi connectivity index (χ4v) is 3.78. The van der Waals surface area contributed by atoms with Crippen molar-refractivity contribution in [3.05, 3.63) is 70.5 Å². The minimum Gasteiger partial charge on any atom is -0.495 e. The van der Waals surface area contributed by atoms with Gasteiger partial charge in [0.15, 0.2) is 0 Å². The van der Waals surface area contributed by atoms with E-state index in [4.69, 9.17) is 4.74 Å². The maximum absolute atomic E-state index is 12.6. The van der Waals surface area contributed by atoms with E-state index in [1.54, 1.807) is 31.2 Å². The predicted molar refractivity (Wildman–Crippen MR) is 113 cm³/mol. The molecule has 12 heteroatoms. The van der Waals surface area contributed by atoms with Gasteiger partial charge >= 0.3 is 5.69 Å². The van der Waals surface area contributed by atoms with Crippen LogP contribution in [0, 0.1) is 10.1 Å². The summed E-state index contributed by atoms with van der Waals surface area (Å²) in [6.07, 6.45) is 1.17. The third-order valence-corrected chi connectivity index (χ3v) is 5.63. The second-order valence-corrected chi connectivity index (χ2v) is 7.94. The fourth-order valence-electron chi connectivity index (χ4n) is 2.71. The van der Waals surface area contributed by atoms with Crippen molar-refractivity contribution in [3.8, 4) is 5.75 Å². The topological polar surface area (TPSA) is 145 Å². The highest BCUT2D eigenvalue weighted by atomic mass is 32.2. The van der Waals surface area contributed by atoms with Crippen LogP contribution < -0.4 is 14.8 Å². The molecule has 0 bridgehead atoms. The van der Waals surface area contributed by atoms with Gasteiger partial charge in [-0.1, -0.05) is 12.1 Å². The lowest BCUT2D eigenvalue weighted by atomic mass is 10.3. The second kappa shape index (κ2) is 8.83. The zero-order valence-corrected chi connectivity index (χ0v) is 17.4. The molecule has 3 aromatic rings. The minimum absolute atomic E-state index is 0.0438. The van der Waals surface area contributed by atoms with E-state index in [1.807, 2.05) is 0 Å². The van der Waals surface area contributed by atoms with E-state index in [2.05, 4.69) is 15.1 Å². The van der Waals surface area contributed by atoms with Gasteiger partial charge in [-0.15, -0.1) is 0 Å². The summed E-state index contributed by atoms with van der Waals surface area (Å²) in [5, 5.41) is 17.5. The molecule has 0 radical (unpaired) electrons. The molecule has 2 N–H and O–H groups in total.